The second-order valence-electron chi connectivity index (χ2n) is 7.82. The van der Waals surface area contributed by atoms with Gasteiger partial charge in [0.2, 0.25) is 5.78 Å². The standard InChI is InChI=1S/C22H24N2O4S/c1-12-5-6-19-16(7-12)10-20(29-19)22(26)27-11-18(25)17-8-13(2)24(15(17)4)21-9-14(3)28-23-21/h8-10,12H,5-7,11H2,1-4H3/t12-/m1/s1. The lowest BCUT2D eigenvalue weighted by Gasteiger charge is -2.16. The van der Waals surface area contributed by atoms with E-state index < -0.39 is 5.97 Å². The molecule has 3 aromatic rings. The number of thiophene rings is 1. The second kappa shape index (κ2) is 7.63. The number of hydrogen-bond donors (Lipinski definition) is 0. The number of ether oxygens (including phenoxy) is 1. The van der Waals surface area contributed by atoms with Gasteiger partial charge in [-0.1, -0.05) is 12.1 Å². The van der Waals surface area contributed by atoms with Gasteiger partial charge in [-0.2, -0.15) is 0 Å². The number of aromatic nitrogens is 2. The van der Waals surface area contributed by atoms with E-state index in [1.807, 2.05) is 37.5 Å². The summed E-state index contributed by atoms with van der Waals surface area (Å²) >= 11 is 1.49. The van der Waals surface area contributed by atoms with Crippen LogP contribution in [0.4, 0.5) is 0 Å². The Morgan fingerprint density at radius 1 is 1.28 bits per heavy atom. The molecule has 0 aromatic carbocycles. The second-order valence-corrected chi connectivity index (χ2v) is 8.96. The number of fused-ring (bicyclic) bond motifs is 1. The fraction of sp³-hybridized carbons (Fsp3) is 0.409. The minimum atomic E-state index is -0.425. The van der Waals surface area contributed by atoms with Gasteiger partial charge in [-0.25, -0.2) is 4.79 Å². The van der Waals surface area contributed by atoms with E-state index in [0.717, 1.165) is 30.7 Å². The van der Waals surface area contributed by atoms with Gasteiger partial charge < -0.3 is 9.26 Å². The monoisotopic (exact) mass is 412 g/mol. The molecule has 152 valence electrons. The van der Waals surface area contributed by atoms with Gasteiger partial charge in [-0.3, -0.25) is 9.36 Å². The summed E-state index contributed by atoms with van der Waals surface area (Å²) in [6, 6.07) is 5.54. The first-order chi connectivity index (χ1) is 13.8. The molecule has 0 saturated heterocycles. The highest BCUT2D eigenvalue weighted by molar-refractivity contribution is 7.14. The molecular formula is C22H24N2O4S. The first-order valence-electron chi connectivity index (χ1n) is 9.78. The maximum Gasteiger partial charge on any atom is 0.348 e. The van der Waals surface area contributed by atoms with Crippen molar-refractivity contribution in [2.75, 3.05) is 6.61 Å². The lowest BCUT2D eigenvalue weighted by Crippen LogP contribution is -2.14. The Bertz CT molecular complexity index is 1090. The average molecular weight is 413 g/mol. The molecule has 0 aliphatic heterocycles. The third kappa shape index (κ3) is 3.79. The van der Waals surface area contributed by atoms with E-state index in [1.165, 1.54) is 21.8 Å². The van der Waals surface area contributed by atoms with E-state index in [2.05, 4.69) is 12.1 Å². The van der Waals surface area contributed by atoms with Crippen LogP contribution in [0.15, 0.2) is 22.7 Å². The first-order valence-corrected chi connectivity index (χ1v) is 10.6. The summed E-state index contributed by atoms with van der Waals surface area (Å²) in [4.78, 5) is 27.0. The number of aryl methyl sites for hydroxylation is 3. The van der Waals surface area contributed by atoms with E-state index in [0.29, 0.717) is 27.9 Å². The van der Waals surface area contributed by atoms with Crippen molar-refractivity contribution in [1.29, 1.82) is 0 Å². The molecular weight excluding hydrogens is 388 g/mol. The lowest BCUT2D eigenvalue weighted by atomic mass is 9.90. The van der Waals surface area contributed by atoms with Gasteiger partial charge >= 0.3 is 5.97 Å². The molecule has 0 saturated carbocycles. The molecule has 0 radical (unpaired) electrons. The highest BCUT2D eigenvalue weighted by atomic mass is 32.1. The molecule has 3 aromatic heterocycles. The van der Waals surface area contributed by atoms with Crippen LogP contribution in [0.25, 0.3) is 5.82 Å². The van der Waals surface area contributed by atoms with Gasteiger partial charge in [-0.05, 0) is 63.6 Å². The van der Waals surface area contributed by atoms with E-state index in [1.54, 1.807) is 6.07 Å². The third-order valence-electron chi connectivity index (χ3n) is 5.44. The van der Waals surface area contributed by atoms with Crippen LogP contribution in [0.2, 0.25) is 0 Å². The summed E-state index contributed by atoms with van der Waals surface area (Å²) < 4.78 is 12.3. The molecule has 0 unspecified atom stereocenters. The summed E-state index contributed by atoms with van der Waals surface area (Å²) in [6.07, 6.45) is 3.17. The predicted molar refractivity (Wildman–Crippen MR) is 110 cm³/mol. The Kier molecular flexibility index (Phi) is 5.17. The molecule has 0 N–H and O–H groups in total. The fourth-order valence-electron chi connectivity index (χ4n) is 3.94. The van der Waals surface area contributed by atoms with Gasteiger partial charge in [0.15, 0.2) is 12.4 Å². The van der Waals surface area contributed by atoms with E-state index >= 15 is 0 Å². The van der Waals surface area contributed by atoms with Crippen LogP contribution in [0.3, 0.4) is 0 Å². The SMILES string of the molecule is Cc1cc(-n2c(C)cc(C(=O)COC(=O)c3cc4c(s3)CC[C@@H](C)C4)c2C)no1. The van der Waals surface area contributed by atoms with Crippen molar-refractivity contribution in [1.82, 2.24) is 9.72 Å². The smallest absolute Gasteiger partial charge is 0.348 e. The number of Topliss-reactive ketones (excluding diaryl/α,β-unsaturated/α-hetero) is 1. The fourth-order valence-corrected chi connectivity index (χ4v) is 5.04. The van der Waals surface area contributed by atoms with Crippen molar-refractivity contribution >= 4 is 23.1 Å². The van der Waals surface area contributed by atoms with Crippen molar-refractivity contribution < 1.29 is 18.8 Å². The van der Waals surface area contributed by atoms with Gasteiger partial charge in [0, 0.05) is 27.9 Å². The molecule has 4 rings (SSSR count). The zero-order chi connectivity index (χ0) is 20.7. The molecule has 29 heavy (non-hydrogen) atoms. The molecule has 1 aliphatic carbocycles. The molecule has 0 fully saturated rings. The number of nitrogens with zero attached hydrogens (tertiary/aromatic N) is 2. The van der Waals surface area contributed by atoms with Crippen LogP contribution in [0.5, 0.6) is 0 Å². The normalized spacial score (nSPS) is 15.9. The Hall–Kier alpha value is -2.67. The van der Waals surface area contributed by atoms with Crippen LogP contribution < -0.4 is 0 Å². The van der Waals surface area contributed by atoms with Gasteiger partial charge in [-0.15, -0.1) is 11.3 Å². The van der Waals surface area contributed by atoms with Gasteiger partial charge in [0.1, 0.15) is 10.6 Å². The quantitative estimate of drug-likeness (QED) is 0.452. The number of esters is 1. The third-order valence-corrected chi connectivity index (χ3v) is 6.66. The van der Waals surface area contributed by atoms with Crippen molar-refractivity contribution in [3.8, 4) is 5.82 Å². The molecule has 3 heterocycles. The van der Waals surface area contributed by atoms with Gasteiger partial charge in [0.05, 0.1) is 0 Å². The zero-order valence-electron chi connectivity index (χ0n) is 17.1. The molecule has 6 nitrogen and oxygen atoms in total. The molecule has 0 amide bonds. The number of hydrogen-bond acceptors (Lipinski definition) is 6. The Morgan fingerprint density at radius 2 is 2.07 bits per heavy atom. The van der Waals surface area contributed by atoms with Crippen LogP contribution in [0, 0.1) is 26.7 Å². The molecule has 1 atom stereocenters. The van der Waals surface area contributed by atoms with Crippen LogP contribution in [-0.4, -0.2) is 28.1 Å². The van der Waals surface area contributed by atoms with E-state index in [4.69, 9.17) is 9.26 Å². The van der Waals surface area contributed by atoms with Crippen molar-refractivity contribution in [2.45, 2.75) is 47.0 Å². The van der Waals surface area contributed by atoms with Crippen LogP contribution in [0.1, 0.15) is 61.0 Å². The summed E-state index contributed by atoms with van der Waals surface area (Å²) in [5.74, 6) is 1.32. The maximum absolute atomic E-state index is 12.7. The number of carbonyl (C=O) groups excluding carboxylic acids is 2. The summed E-state index contributed by atoms with van der Waals surface area (Å²) in [5.41, 5.74) is 3.39. The minimum Gasteiger partial charge on any atom is -0.453 e. The van der Waals surface area contributed by atoms with Crippen LogP contribution >= 0.6 is 11.3 Å². The van der Waals surface area contributed by atoms with Crippen molar-refractivity contribution in [3.63, 3.8) is 0 Å². The highest BCUT2D eigenvalue weighted by Crippen LogP contribution is 2.32. The Labute approximate surface area is 173 Å². The highest BCUT2D eigenvalue weighted by Gasteiger charge is 2.23. The van der Waals surface area contributed by atoms with E-state index in [9.17, 15) is 9.59 Å². The molecule has 7 heteroatoms. The average Bonchev–Trinajstić information content (AvgIpc) is 3.36. The zero-order valence-corrected chi connectivity index (χ0v) is 17.9. The van der Waals surface area contributed by atoms with E-state index in [-0.39, 0.29) is 12.4 Å². The molecule has 1 aliphatic rings. The minimum absolute atomic E-state index is 0.229. The lowest BCUT2D eigenvalue weighted by molar-refractivity contribution is 0.0479. The first kappa shape index (κ1) is 19.6. The van der Waals surface area contributed by atoms with Gasteiger partial charge in [0.25, 0.3) is 0 Å². The number of ketones is 1. The summed E-state index contributed by atoms with van der Waals surface area (Å²) in [6.45, 7) is 7.52. The summed E-state index contributed by atoms with van der Waals surface area (Å²) in [5, 5.41) is 4.02. The largest absolute Gasteiger partial charge is 0.453 e. The van der Waals surface area contributed by atoms with Crippen molar-refractivity contribution in [3.05, 3.63) is 56.2 Å². The number of rotatable bonds is 5. The van der Waals surface area contributed by atoms with Crippen LogP contribution in [-0.2, 0) is 17.6 Å². The summed E-state index contributed by atoms with van der Waals surface area (Å²) in [7, 11) is 0. The van der Waals surface area contributed by atoms with Crippen molar-refractivity contribution in [2.24, 2.45) is 5.92 Å². The predicted octanol–water partition coefficient (Wildman–Crippen LogP) is 4.62. The molecule has 0 bridgehead atoms. The Morgan fingerprint density at radius 3 is 2.79 bits per heavy atom. The molecule has 0 spiro atoms. The topological polar surface area (TPSA) is 74.3 Å². The number of carbonyl (C=O) groups is 2. The Balaban J connectivity index is 1.46. The maximum atomic E-state index is 12.7.